The molecule has 24 heavy (non-hydrogen) atoms. The van der Waals surface area contributed by atoms with Crippen LogP contribution < -0.4 is 0 Å². The maximum absolute atomic E-state index is 3.84. The number of rotatable bonds is 1. The predicted molar refractivity (Wildman–Crippen MR) is 109 cm³/mol. The summed E-state index contributed by atoms with van der Waals surface area (Å²) in [5.74, 6) is 0. The second kappa shape index (κ2) is 5.75. The van der Waals surface area contributed by atoms with E-state index in [1.54, 1.807) is 0 Å². The van der Waals surface area contributed by atoms with Crippen molar-refractivity contribution in [2.45, 2.75) is 20.8 Å². The maximum Gasteiger partial charge on any atom is 0.0332 e. The van der Waals surface area contributed by atoms with Crippen LogP contribution in [0.4, 0.5) is 0 Å². The Balaban J connectivity index is 2.28. The van der Waals surface area contributed by atoms with Crippen LogP contribution in [0.5, 0.6) is 0 Å². The molecule has 4 rings (SSSR count). The Morgan fingerprint density at radius 3 is 1.46 bits per heavy atom. The van der Waals surface area contributed by atoms with Crippen molar-refractivity contribution in [3.8, 4) is 11.1 Å². The third kappa shape index (κ3) is 2.27. The van der Waals surface area contributed by atoms with Gasteiger partial charge in [0.25, 0.3) is 0 Å². The number of aryl methyl sites for hydroxylation is 3. The van der Waals surface area contributed by atoms with Gasteiger partial charge in [0.15, 0.2) is 0 Å². The predicted octanol–water partition coefficient (Wildman–Crippen LogP) is 7.35. The Labute approximate surface area is 151 Å². The van der Waals surface area contributed by atoms with Crippen molar-refractivity contribution in [2.24, 2.45) is 0 Å². The van der Waals surface area contributed by atoms with E-state index in [4.69, 9.17) is 0 Å². The first-order valence-corrected chi connectivity index (χ1v) is 9.04. The molecule has 1 heteroatoms. The molecule has 0 amide bonds. The summed E-state index contributed by atoms with van der Waals surface area (Å²) in [4.78, 5) is 0. The Morgan fingerprint density at radius 2 is 1.00 bits per heavy atom. The molecule has 0 aliphatic heterocycles. The summed E-state index contributed by atoms with van der Waals surface area (Å²) in [5.41, 5.74) is 6.70. The molecule has 0 spiro atoms. The van der Waals surface area contributed by atoms with Crippen LogP contribution in [0.3, 0.4) is 0 Å². The molecule has 0 aliphatic carbocycles. The summed E-state index contributed by atoms with van der Waals surface area (Å²) in [6.45, 7) is 6.61. The molecule has 0 bridgehead atoms. The second-order valence-corrected chi connectivity index (χ2v) is 7.35. The quantitative estimate of drug-likeness (QED) is 0.305. The highest BCUT2D eigenvalue weighted by Crippen LogP contribution is 2.43. The zero-order chi connectivity index (χ0) is 16.8. The van der Waals surface area contributed by atoms with Crippen LogP contribution in [0.2, 0.25) is 0 Å². The highest BCUT2D eigenvalue weighted by atomic mass is 79.9. The molecule has 0 aliphatic rings. The van der Waals surface area contributed by atoms with Gasteiger partial charge in [-0.05, 0) is 80.5 Å². The summed E-state index contributed by atoms with van der Waals surface area (Å²) < 4.78 is 1.18. The fourth-order valence-corrected chi connectivity index (χ4v) is 4.61. The first-order chi connectivity index (χ1) is 11.6. The van der Waals surface area contributed by atoms with Crippen molar-refractivity contribution in [1.29, 1.82) is 0 Å². The summed E-state index contributed by atoms with van der Waals surface area (Å²) in [6, 6.07) is 21.9. The van der Waals surface area contributed by atoms with E-state index >= 15 is 0 Å². The summed E-state index contributed by atoms with van der Waals surface area (Å²) in [5, 5.41) is 5.15. The molecule has 0 atom stereocenters. The van der Waals surface area contributed by atoms with E-state index in [9.17, 15) is 0 Å². The standard InChI is InChI=1S/C23H19Br/c1-14-12-15(2)21(16(3)13-14)22-17-8-4-6-10-19(17)23(24)20-11-7-5-9-18(20)22/h4-13H,1-3H3. The van der Waals surface area contributed by atoms with Gasteiger partial charge in [0.1, 0.15) is 0 Å². The molecule has 0 unspecified atom stereocenters. The average Bonchev–Trinajstić information content (AvgIpc) is 2.57. The second-order valence-electron chi connectivity index (χ2n) is 6.55. The third-order valence-electron chi connectivity index (χ3n) is 4.79. The first kappa shape index (κ1) is 15.4. The van der Waals surface area contributed by atoms with Gasteiger partial charge in [0.2, 0.25) is 0 Å². The van der Waals surface area contributed by atoms with Gasteiger partial charge in [-0.15, -0.1) is 0 Å². The topological polar surface area (TPSA) is 0 Å². The van der Waals surface area contributed by atoms with Gasteiger partial charge in [-0.25, -0.2) is 0 Å². The zero-order valence-electron chi connectivity index (χ0n) is 14.2. The van der Waals surface area contributed by atoms with Gasteiger partial charge in [-0.3, -0.25) is 0 Å². The van der Waals surface area contributed by atoms with E-state index in [2.05, 4.69) is 97.4 Å². The normalized spacial score (nSPS) is 11.3. The smallest absolute Gasteiger partial charge is 0.0332 e. The molecule has 4 aromatic rings. The van der Waals surface area contributed by atoms with Crippen LogP contribution in [0.25, 0.3) is 32.7 Å². The molecule has 0 aromatic heterocycles. The molecular formula is C23H19Br. The summed E-state index contributed by atoms with van der Waals surface area (Å²) in [7, 11) is 0. The van der Waals surface area contributed by atoms with Gasteiger partial charge < -0.3 is 0 Å². The molecular weight excluding hydrogens is 356 g/mol. The zero-order valence-corrected chi connectivity index (χ0v) is 15.7. The number of hydrogen-bond donors (Lipinski definition) is 0. The molecule has 0 radical (unpaired) electrons. The lowest BCUT2D eigenvalue weighted by Gasteiger charge is -2.18. The van der Waals surface area contributed by atoms with Gasteiger partial charge in [0.05, 0.1) is 0 Å². The van der Waals surface area contributed by atoms with Gasteiger partial charge >= 0.3 is 0 Å². The summed E-state index contributed by atoms with van der Waals surface area (Å²) >= 11 is 3.84. The Bertz CT molecular complexity index is 1010. The van der Waals surface area contributed by atoms with Crippen molar-refractivity contribution >= 4 is 37.5 Å². The number of fused-ring (bicyclic) bond motifs is 2. The van der Waals surface area contributed by atoms with E-state index in [1.807, 2.05) is 0 Å². The van der Waals surface area contributed by atoms with Crippen LogP contribution in [0, 0.1) is 20.8 Å². The minimum atomic E-state index is 1.18. The maximum atomic E-state index is 3.84. The van der Waals surface area contributed by atoms with E-state index < -0.39 is 0 Å². The van der Waals surface area contributed by atoms with E-state index in [0.717, 1.165) is 0 Å². The van der Waals surface area contributed by atoms with Crippen molar-refractivity contribution in [3.05, 3.63) is 81.8 Å². The lowest BCUT2D eigenvalue weighted by Crippen LogP contribution is -1.93. The molecule has 4 aromatic carbocycles. The third-order valence-corrected chi connectivity index (χ3v) is 5.65. The highest BCUT2D eigenvalue weighted by molar-refractivity contribution is 9.10. The number of halogens is 1. The van der Waals surface area contributed by atoms with Crippen molar-refractivity contribution in [3.63, 3.8) is 0 Å². The van der Waals surface area contributed by atoms with Crippen LogP contribution in [-0.4, -0.2) is 0 Å². The minimum Gasteiger partial charge on any atom is -0.0616 e. The van der Waals surface area contributed by atoms with Crippen LogP contribution in [0.15, 0.2) is 65.1 Å². The van der Waals surface area contributed by atoms with E-state index in [0.29, 0.717) is 0 Å². The fourth-order valence-electron chi connectivity index (χ4n) is 3.92. The van der Waals surface area contributed by atoms with Crippen LogP contribution in [0.1, 0.15) is 16.7 Å². The molecule has 0 N–H and O–H groups in total. The van der Waals surface area contributed by atoms with Crippen LogP contribution >= 0.6 is 15.9 Å². The first-order valence-electron chi connectivity index (χ1n) is 8.25. The monoisotopic (exact) mass is 374 g/mol. The van der Waals surface area contributed by atoms with Gasteiger partial charge in [-0.1, -0.05) is 66.2 Å². The van der Waals surface area contributed by atoms with Crippen molar-refractivity contribution < 1.29 is 0 Å². The van der Waals surface area contributed by atoms with E-state index in [-0.39, 0.29) is 0 Å². The van der Waals surface area contributed by atoms with Gasteiger partial charge in [-0.2, -0.15) is 0 Å². The molecule has 0 saturated carbocycles. The SMILES string of the molecule is Cc1cc(C)c(-c2c3ccccc3c(Br)c3ccccc23)c(C)c1. The average molecular weight is 375 g/mol. The lowest BCUT2D eigenvalue weighted by molar-refractivity contribution is 1.33. The minimum absolute atomic E-state index is 1.18. The highest BCUT2D eigenvalue weighted by Gasteiger charge is 2.16. The fraction of sp³-hybridized carbons (Fsp3) is 0.130. The molecule has 0 nitrogen and oxygen atoms in total. The summed E-state index contributed by atoms with van der Waals surface area (Å²) in [6.07, 6.45) is 0. The number of hydrogen-bond acceptors (Lipinski definition) is 0. The Hall–Kier alpha value is -2.12. The van der Waals surface area contributed by atoms with Gasteiger partial charge in [0, 0.05) is 4.47 Å². The largest absolute Gasteiger partial charge is 0.0616 e. The number of benzene rings is 4. The molecule has 0 saturated heterocycles. The lowest BCUT2D eigenvalue weighted by atomic mass is 9.87. The Kier molecular flexibility index (Phi) is 3.69. The van der Waals surface area contributed by atoms with Crippen LogP contribution in [-0.2, 0) is 0 Å². The molecule has 0 heterocycles. The molecule has 118 valence electrons. The molecule has 0 fully saturated rings. The van der Waals surface area contributed by atoms with E-state index in [1.165, 1.54) is 53.8 Å². The Morgan fingerprint density at radius 1 is 0.583 bits per heavy atom. The van der Waals surface area contributed by atoms with Crippen molar-refractivity contribution in [2.75, 3.05) is 0 Å². The van der Waals surface area contributed by atoms with Crippen molar-refractivity contribution in [1.82, 2.24) is 0 Å².